The van der Waals surface area contributed by atoms with Crippen molar-refractivity contribution < 1.29 is 13.9 Å². The molecule has 0 radical (unpaired) electrons. The number of methoxy groups -OCH3 is 1. The molecule has 0 bridgehead atoms. The molecule has 9 heteroatoms. The number of hydrogen-bond acceptors (Lipinski definition) is 5. The maximum Gasteiger partial charge on any atom is 0.262 e. The van der Waals surface area contributed by atoms with Crippen LogP contribution in [0.2, 0.25) is 5.02 Å². The monoisotopic (exact) mass is 449 g/mol. The molecule has 3 aromatic rings. The number of carbonyl (C=O) groups is 1. The number of rotatable bonds is 8. The molecule has 6 nitrogen and oxygen atoms in total. The lowest BCUT2D eigenvalue weighted by molar-refractivity contribution is -0.115. The van der Waals surface area contributed by atoms with Crippen molar-refractivity contribution >= 4 is 45.9 Å². The van der Waals surface area contributed by atoms with E-state index in [2.05, 4.69) is 10.3 Å². The number of fused-ring (bicyclic) bond motifs is 1. The standard InChI is InChI=1S/C21H21ClFN3O3S/c1-13(19(27)24-17-7-4-3-6-16(17)23)30-21-25-18-12-14(22)8-9-15(18)20(28)26(21)10-5-11-29-2/h3-4,6-9,12-13H,5,10-11H2,1-2H3,(H,24,27). The third-order valence-electron chi connectivity index (χ3n) is 4.40. The molecule has 0 fully saturated rings. The fourth-order valence-electron chi connectivity index (χ4n) is 2.84. The van der Waals surface area contributed by atoms with Gasteiger partial charge in [0, 0.05) is 25.3 Å². The summed E-state index contributed by atoms with van der Waals surface area (Å²) in [6.07, 6.45) is 0.612. The molecule has 0 aliphatic rings. The molecular formula is C21H21ClFN3O3S. The normalized spacial score (nSPS) is 12.1. The molecule has 3 rings (SSSR count). The van der Waals surface area contributed by atoms with Crippen LogP contribution in [-0.2, 0) is 16.1 Å². The first-order valence-electron chi connectivity index (χ1n) is 9.32. The van der Waals surface area contributed by atoms with Crippen molar-refractivity contribution in [1.82, 2.24) is 9.55 Å². The summed E-state index contributed by atoms with van der Waals surface area (Å²) in [4.78, 5) is 30.2. The summed E-state index contributed by atoms with van der Waals surface area (Å²) in [7, 11) is 1.59. The number of carbonyl (C=O) groups excluding carboxylic acids is 1. The Morgan fingerprint density at radius 1 is 1.33 bits per heavy atom. The van der Waals surface area contributed by atoms with E-state index < -0.39 is 17.0 Å². The number of thioether (sulfide) groups is 1. The van der Waals surface area contributed by atoms with Gasteiger partial charge in [-0.25, -0.2) is 9.37 Å². The van der Waals surface area contributed by atoms with E-state index in [4.69, 9.17) is 16.3 Å². The van der Waals surface area contributed by atoms with Crippen molar-refractivity contribution in [3.05, 3.63) is 63.7 Å². The summed E-state index contributed by atoms with van der Waals surface area (Å²) in [6, 6.07) is 10.8. The summed E-state index contributed by atoms with van der Waals surface area (Å²) in [5, 5.41) is 3.25. The largest absolute Gasteiger partial charge is 0.385 e. The second-order valence-electron chi connectivity index (χ2n) is 6.59. The van der Waals surface area contributed by atoms with E-state index >= 15 is 0 Å². The molecule has 1 atom stereocenters. The lowest BCUT2D eigenvalue weighted by Gasteiger charge is -2.16. The number of anilines is 1. The van der Waals surface area contributed by atoms with Crippen LogP contribution in [0.4, 0.5) is 10.1 Å². The Bertz CT molecular complexity index is 1120. The highest BCUT2D eigenvalue weighted by molar-refractivity contribution is 8.00. The minimum absolute atomic E-state index is 0.102. The molecule has 0 saturated carbocycles. The van der Waals surface area contributed by atoms with E-state index in [-0.39, 0.29) is 11.2 Å². The molecule has 0 aliphatic heterocycles. The quantitative estimate of drug-likeness (QED) is 0.314. The highest BCUT2D eigenvalue weighted by Gasteiger charge is 2.20. The number of benzene rings is 2. The smallest absolute Gasteiger partial charge is 0.262 e. The van der Waals surface area contributed by atoms with Gasteiger partial charge >= 0.3 is 0 Å². The van der Waals surface area contributed by atoms with Crippen molar-refractivity contribution in [3.8, 4) is 0 Å². The van der Waals surface area contributed by atoms with Crippen LogP contribution in [-0.4, -0.2) is 34.4 Å². The minimum atomic E-state index is -0.623. The van der Waals surface area contributed by atoms with Crippen LogP contribution in [0.1, 0.15) is 13.3 Å². The molecule has 0 aliphatic carbocycles. The lowest BCUT2D eigenvalue weighted by atomic mass is 10.2. The number of aromatic nitrogens is 2. The van der Waals surface area contributed by atoms with Crippen LogP contribution < -0.4 is 10.9 Å². The van der Waals surface area contributed by atoms with Gasteiger partial charge in [0.25, 0.3) is 5.56 Å². The highest BCUT2D eigenvalue weighted by Crippen LogP contribution is 2.25. The third kappa shape index (κ3) is 5.19. The van der Waals surface area contributed by atoms with Crippen molar-refractivity contribution in [2.75, 3.05) is 19.0 Å². The van der Waals surface area contributed by atoms with Gasteiger partial charge in [0.2, 0.25) is 5.91 Å². The Balaban J connectivity index is 1.90. The Morgan fingerprint density at radius 2 is 2.10 bits per heavy atom. The summed E-state index contributed by atoms with van der Waals surface area (Å²) in [6.45, 7) is 2.55. The van der Waals surface area contributed by atoms with Crippen LogP contribution in [0.25, 0.3) is 10.9 Å². The number of ether oxygens (including phenoxy) is 1. The van der Waals surface area contributed by atoms with Gasteiger partial charge in [-0.05, 0) is 43.7 Å². The molecule has 2 aromatic carbocycles. The van der Waals surface area contributed by atoms with E-state index in [1.54, 1.807) is 44.4 Å². The Hall–Kier alpha value is -2.42. The van der Waals surface area contributed by atoms with Gasteiger partial charge in [-0.15, -0.1) is 0 Å². The third-order valence-corrected chi connectivity index (χ3v) is 5.72. The number of nitrogens with zero attached hydrogens (tertiary/aromatic N) is 2. The molecule has 0 spiro atoms. The zero-order valence-corrected chi connectivity index (χ0v) is 18.1. The maximum absolute atomic E-state index is 13.8. The Labute approximate surface area is 182 Å². The van der Waals surface area contributed by atoms with Crippen molar-refractivity contribution in [1.29, 1.82) is 0 Å². The van der Waals surface area contributed by atoms with Gasteiger partial charge in [-0.1, -0.05) is 35.5 Å². The highest BCUT2D eigenvalue weighted by atomic mass is 35.5. The van der Waals surface area contributed by atoms with E-state index in [1.165, 1.54) is 16.7 Å². The molecule has 158 valence electrons. The van der Waals surface area contributed by atoms with Gasteiger partial charge < -0.3 is 10.1 Å². The average molecular weight is 450 g/mol. The number of nitrogens with one attached hydrogen (secondary N) is 1. The average Bonchev–Trinajstić information content (AvgIpc) is 2.71. The Morgan fingerprint density at radius 3 is 2.83 bits per heavy atom. The predicted octanol–water partition coefficient (Wildman–Crippen LogP) is 4.34. The number of amides is 1. The minimum Gasteiger partial charge on any atom is -0.385 e. The molecule has 1 amide bonds. The zero-order chi connectivity index (χ0) is 21.7. The van der Waals surface area contributed by atoms with Crippen LogP contribution in [0.5, 0.6) is 0 Å². The fourth-order valence-corrected chi connectivity index (χ4v) is 3.94. The first-order chi connectivity index (χ1) is 14.4. The van der Waals surface area contributed by atoms with Crippen molar-refractivity contribution in [2.45, 2.75) is 30.3 Å². The van der Waals surface area contributed by atoms with Gasteiger partial charge in [-0.3, -0.25) is 14.2 Å². The molecule has 1 heterocycles. The van der Waals surface area contributed by atoms with Gasteiger partial charge in [0.05, 0.1) is 21.8 Å². The summed E-state index contributed by atoms with van der Waals surface area (Å²) < 4.78 is 20.5. The molecular weight excluding hydrogens is 429 g/mol. The topological polar surface area (TPSA) is 73.2 Å². The van der Waals surface area contributed by atoms with Gasteiger partial charge in [-0.2, -0.15) is 0 Å². The zero-order valence-electron chi connectivity index (χ0n) is 16.5. The number of halogens is 2. The Kier molecular flexibility index (Phi) is 7.47. The van der Waals surface area contributed by atoms with E-state index in [1.807, 2.05) is 0 Å². The summed E-state index contributed by atoms with van der Waals surface area (Å²) in [5.74, 6) is -0.910. The van der Waals surface area contributed by atoms with Crippen LogP contribution in [0.15, 0.2) is 52.4 Å². The first kappa shape index (κ1) is 22.3. The molecule has 30 heavy (non-hydrogen) atoms. The van der Waals surface area contributed by atoms with E-state index in [0.29, 0.717) is 40.7 Å². The number of para-hydroxylation sites is 1. The fraction of sp³-hybridized carbons (Fsp3) is 0.286. The summed E-state index contributed by atoms with van der Waals surface area (Å²) in [5.41, 5.74) is 0.349. The number of hydrogen-bond donors (Lipinski definition) is 1. The van der Waals surface area contributed by atoms with Gasteiger partial charge in [0.15, 0.2) is 5.16 Å². The molecule has 1 aromatic heterocycles. The second-order valence-corrected chi connectivity index (χ2v) is 8.33. The lowest BCUT2D eigenvalue weighted by Crippen LogP contribution is -2.27. The van der Waals surface area contributed by atoms with Crippen LogP contribution in [0, 0.1) is 5.82 Å². The van der Waals surface area contributed by atoms with Crippen LogP contribution in [0.3, 0.4) is 0 Å². The van der Waals surface area contributed by atoms with Crippen molar-refractivity contribution in [3.63, 3.8) is 0 Å². The van der Waals surface area contributed by atoms with Gasteiger partial charge in [0.1, 0.15) is 5.82 Å². The molecule has 0 saturated heterocycles. The summed E-state index contributed by atoms with van der Waals surface area (Å²) >= 11 is 7.18. The van der Waals surface area contributed by atoms with E-state index in [0.717, 1.165) is 11.8 Å². The van der Waals surface area contributed by atoms with Crippen molar-refractivity contribution in [2.24, 2.45) is 0 Å². The second kappa shape index (κ2) is 10.1. The maximum atomic E-state index is 13.8. The first-order valence-corrected chi connectivity index (χ1v) is 10.6. The van der Waals surface area contributed by atoms with E-state index in [9.17, 15) is 14.0 Å². The molecule has 1 N–H and O–H groups in total. The SMILES string of the molecule is COCCCn1c(SC(C)C(=O)Nc2ccccc2F)nc2cc(Cl)ccc2c1=O. The molecule has 1 unspecified atom stereocenters. The predicted molar refractivity (Wildman–Crippen MR) is 118 cm³/mol. The van der Waals surface area contributed by atoms with Crippen LogP contribution >= 0.6 is 23.4 Å².